The fraction of sp³-hybridized carbons (Fsp3) is 0.382. The number of halogens is 1. The first kappa shape index (κ1) is 43.0. The number of hydrogen-bond acceptors (Lipinski definition) is 11. The number of aromatic hydroxyl groups is 1. The molecule has 278 valence electrons. The average molecular weight is 726 g/mol. The van der Waals surface area contributed by atoms with Gasteiger partial charge in [0.05, 0.1) is 17.1 Å². The minimum Gasteiger partial charge on any atom is -0.506 e. The molecule has 0 radical (unpaired) electrons. The molecule has 0 atom stereocenters. The summed E-state index contributed by atoms with van der Waals surface area (Å²) in [6, 6.07) is 21.0. The van der Waals surface area contributed by atoms with E-state index in [1.54, 1.807) is 36.4 Å². The molecule has 4 aromatic rings. The number of sulfonamides is 1. The standard InChI is InChI=1S/C34H40N6O3S.ClH.3H3N.H2O.4H2/c1-25-15-18-29(19-16-25)44(42,43)40(24-26-11-5-2-6-12-26)30-20-17-28(23-31(30)41)35-33-36-32(27-13-7-3-8-14-27)37-34(38-33)39-21-9-4-10-22-39;;;;;;;;;/h2,5-6,11-12,15-20,23,27,41H,3-4,7-10,13-14,21-22,24H2,1H3,(H,35,36,37,38);1H;3*1H3;1H2;4*1H. The highest BCUT2D eigenvalue weighted by molar-refractivity contribution is 7.92. The molecule has 13 N–H and O–H groups in total. The summed E-state index contributed by atoms with van der Waals surface area (Å²) in [4.78, 5) is 16.9. The average Bonchev–Trinajstić information content (AvgIpc) is 3.05. The minimum absolute atomic E-state index is 0. The zero-order chi connectivity index (χ0) is 30.5. The van der Waals surface area contributed by atoms with Gasteiger partial charge >= 0.3 is 0 Å². The molecule has 1 aromatic heterocycles. The van der Waals surface area contributed by atoms with E-state index in [-0.39, 0.29) is 64.9 Å². The largest absolute Gasteiger partial charge is 0.506 e. The van der Waals surface area contributed by atoms with Gasteiger partial charge in [0, 0.05) is 36.5 Å². The van der Waals surface area contributed by atoms with Gasteiger partial charge in [0.2, 0.25) is 11.9 Å². The Kier molecular flexibility index (Phi) is 16.9. The van der Waals surface area contributed by atoms with Gasteiger partial charge in [-0.3, -0.25) is 4.31 Å². The quantitative estimate of drug-likeness (QED) is 0.110. The Bertz CT molecular complexity index is 1670. The summed E-state index contributed by atoms with van der Waals surface area (Å²) in [6.45, 7) is 3.83. The molecule has 0 amide bonds. The molecule has 1 aliphatic heterocycles. The van der Waals surface area contributed by atoms with Crippen molar-refractivity contribution >= 4 is 45.7 Å². The summed E-state index contributed by atoms with van der Waals surface area (Å²) >= 11 is 0. The molecule has 1 saturated carbocycles. The number of anilines is 4. The number of aryl methyl sites for hydroxylation is 1. The molecule has 2 aliphatic rings. The van der Waals surface area contributed by atoms with Crippen molar-refractivity contribution in [3.8, 4) is 5.75 Å². The molecule has 15 heteroatoms. The Morgan fingerprint density at radius 3 is 2.12 bits per heavy atom. The minimum atomic E-state index is -3.99. The zero-order valence-corrected chi connectivity index (χ0v) is 29.9. The van der Waals surface area contributed by atoms with E-state index in [9.17, 15) is 13.5 Å². The van der Waals surface area contributed by atoms with E-state index >= 15 is 0 Å². The molecule has 13 nitrogen and oxygen atoms in total. The number of nitrogens with one attached hydrogen (secondary N) is 1. The van der Waals surface area contributed by atoms with Crippen molar-refractivity contribution in [3.05, 3.63) is 89.7 Å². The fourth-order valence-corrected chi connectivity index (χ4v) is 7.51. The summed E-state index contributed by atoms with van der Waals surface area (Å²) in [6.07, 6.45) is 9.21. The molecule has 1 aliphatic carbocycles. The van der Waals surface area contributed by atoms with Crippen LogP contribution in [-0.2, 0) is 16.6 Å². The number of hydrogen-bond donors (Lipinski definition) is 5. The first-order chi connectivity index (χ1) is 21.4. The summed E-state index contributed by atoms with van der Waals surface area (Å²) in [5.41, 5.74) is 2.51. The third-order valence-corrected chi connectivity index (χ3v) is 10.3. The summed E-state index contributed by atoms with van der Waals surface area (Å²) in [5, 5.41) is 14.6. The van der Waals surface area contributed by atoms with Gasteiger partial charge in [-0.25, -0.2) is 8.42 Å². The molecular formula is C34H60ClN9O4S. The zero-order valence-electron chi connectivity index (χ0n) is 28.2. The number of phenols is 1. The molecule has 3 aromatic carbocycles. The number of nitrogens with zero attached hydrogens (tertiary/aromatic N) is 5. The molecule has 49 heavy (non-hydrogen) atoms. The van der Waals surface area contributed by atoms with Crippen LogP contribution in [0.4, 0.5) is 23.3 Å². The maximum Gasteiger partial charge on any atom is 0.264 e. The Labute approximate surface area is 302 Å². The molecule has 0 bridgehead atoms. The number of benzene rings is 3. The second-order valence-corrected chi connectivity index (χ2v) is 13.7. The fourth-order valence-electron chi connectivity index (χ4n) is 6.04. The van der Waals surface area contributed by atoms with Crippen LogP contribution in [0.3, 0.4) is 0 Å². The first-order valence-corrected chi connectivity index (χ1v) is 17.1. The van der Waals surface area contributed by atoms with Crippen molar-refractivity contribution in [1.29, 1.82) is 0 Å². The van der Waals surface area contributed by atoms with Crippen LogP contribution in [0, 0.1) is 6.92 Å². The van der Waals surface area contributed by atoms with Gasteiger partial charge in [-0.1, -0.05) is 67.3 Å². The molecule has 0 spiro atoms. The molecule has 0 unspecified atom stereocenters. The molecular weight excluding hydrogens is 666 g/mol. The van der Waals surface area contributed by atoms with Crippen LogP contribution < -0.4 is 33.0 Å². The SMILES string of the molecule is Cc1ccc(S(=O)(=O)N(Cc2ccccc2)c2ccc(Nc3nc(C4CCCCC4)nc(N4CCCCC4)n3)cc2O)cc1.Cl.N.N.N.O.[HH].[HH].[HH].[HH]. The van der Waals surface area contributed by atoms with Crippen molar-refractivity contribution in [2.45, 2.75) is 75.6 Å². The van der Waals surface area contributed by atoms with Gasteiger partial charge in [0.15, 0.2) is 0 Å². The first-order valence-electron chi connectivity index (χ1n) is 15.6. The van der Waals surface area contributed by atoms with E-state index in [4.69, 9.17) is 15.0 Å². The lowest BCUT2D eigenvalue weighted by molar-refractivity contribution is 0.427. The lowest BCUT2D eigenvalue weighted by Gasteiger charge is -2.28. The van der Waals surface area contributed by atoms with E-state index < -0.39 is 10.0 Å². The molecule has 2 fully saturated rings. The third-order valence-electron chi connectivity index (χ3n) is 8.53. The van der Waals surface area contributed by atoms with Crippen molar-refractivity contribution in [2.75, 3.05) is 27.6 Å². The number of aromatic nitrogens is 3. The lowest BCUT2D eigenvalue weighted by Crippen LogP contribution is -2.32. The monoisotopic (exact) mass is 725 g/mol. The highest BCUT2D eigenvalue weighted by Crippen LogP contribution is 2.37. The van der Waals surface area contributed by atoms with Crippen molar-refractivity contribution in [1.82, 2.24) is 33.4 Å². The van der Waals surface area contributed by atoms with Gasteiger partial charge in [-0.2, -0.15) is 15.0 Å². The summed E-state index contributed by atoms with van der Waals surface area (Å²) in [5.74, 6) is 2.09. The van der Waals surface area contributed by atoms with E-state index in [0.29, 0.717) is 23.5 Å². The van der Waals surface area contributed by atoms with Crippen LogP contribution in [0.25, 0.3) is 0 Å². The molecule has 2 heterocycles. The number of phenolic OH excluding ortho intramolecular Hbond substituents is 1. The highest BCUT2D eigenvalue weighted by Gasteiger charge is 2.28. The Morgan fingerprint density at radius 1 is 0.857 bits per heavy atom. The maximum atomic E-state index is 13.9. The van der Waals surface area contributed by atoms with Crippen LogP contribution in [0.2, 0.25) is 0 Å². The van der Waals surface area contributed by atoms with Crippen molar-refractivity contribution in [2.24, 2.45) is 0 Å². The molecule has 6 rings (SSSR count). The van der Waals surface area contributed by atoms with Crippen LogP contribution in [0.15, 0.2) is 77.7 Å². The van der Waals surface area contributed by atoms with Crippen LogP contribution in [0.1, 0.15) is 79.9 Å². The van der Waals surface area contributed by atoms with Gasteiger partial charge < -0.3 is 39.3 Å². The van der Waals surface area contributed by atoms with Gasteiger partial charge in [0.1, 0.15) is 11.6 Å². The van der Waals surface area contributed by atoms with Crippen LogP contribution in [0.5, 0.6) is 5.75 Å². The summed E-state index contributed by atoms with van der Waals surface area (Å²) in [7, 11) is -3.99. The highest BCUT2D eigenvalue weighted by atomic mass is 35.5. The van der Waals surface area contributed by atoms with E-state index in [2.05, 4.69) is 10.2 Å². The Hall–Kier alpha value is -4.05. The maximum absolute atomic E-state index is 13.9. The third kappa shape index (κ3) is 10.2. The van der Waals surface area contributed by atoms with Crippen molar-refractivity contribution < 1.29 is 24.7 Å². The second kappa shape index (κ2) is 19.2. The predicted octanol–water partition coefficient (Wildman–Crippen LogP) is 8.13. The Balaban J connectivity index is -0.00000133. The lowest BCUT2D eigenvalue weighted by atomic mass is 9.89. The predicted molar refractivity (Wildman–Crippen MR) is 208 cm³/mol. The molecule has 1 saturated heterocycles. The smallest absolute Gasteiger partial charge is 0.264 e. The van der Waals surface area contributed by atoms with Gasteiger partial charge in [0.25, 0.3) is 10.0 Å². The number of rotatable bonds is 9. The van der Waals surface area contributed by atoms with Gasteiger partial charge in [-0.05, 0) is 68.9 Å². The number of piperidine rings is 1. The van der Waals surface area contributed by atoms with E-state index in [1.807, 2.05) is 37.3 Å². The van der Waals surface area contributed by atoms with Gasteiger partial charge in [-0.15, -0.1) is 12.4 Å². The topological polar surface area (TPSA) is 248 Å². The van der Waals surface area contributed by atoms with Crippen molar-refractivity contribution in [3.63, 3.8) is 0 Å². The van der Waals surface area contributed by atoms with E-state index in [0.717, 1.165) is 55.7 Å². The Morgan fingerprint density at radius 2 is 1.49 bits per heavy atom. The van der Waals surface area contributed by atoms with E-state index in [1.165, 1.54) is 36.1 Å². The second-order valence-electron chi connectivity index (χ2n) is 11.8. The van der Waals surface area contributed by atoms with Crippen LogP contribution >= 0.6 is 12.4 Å². The van der Waals surface area contributed by atoms with Crippen LogP contribution in [-0.4, -0.2) is 47.0 Å². The normalized spacial score (nSPS) is 14.4. The summed E-state index contributed by atoms with van der Waals surface area (Å²) < 4.78 is 29.1.